The number of amides is 1. The zero-order chi connectivity index (χ0) is 33.9. The lowest BCUT2D eigenvalue weighted by Crippen LogP contribution is -2.32. The number of aliphatic hydroxyl groups is 1. The molecule has 9 nitrogen and oxygen atoms in total. The molecule has 4 aromatic heterocycles. The molecule has 2 aromatic carbocycles. The van der Waals surface area contributed by atoms with Crippen LogP contribution in [0, 0.1) is 30.3 Å². The van der Waals surface area contributed by atoms with E-state index < -0.39 is 35.5 Å². The molecule has 0 radical (unpaired) electrons. The number of carbonyl (C=O) groups excluding carboxylic acids is 1. The molecule has 1 atom stereocenters. The molecule has 0 unspecified atom stereocenters. The summed E-state index contributed by atoms with van der Waals surface area (Å²) in [5, 5.41) is 21.3. The molecular weight excluding hydrogens is 641 g/mol. The number of rotatable bonds is 9. The Labute approximate surface area is 277 Å². The number of ether oxygens (including phenoxy) is 1. The Morgan fingerprint density at radius 3 is 2.71 bits per heavy atom. The molecule has 48 heavy (non-hydrogen) atoms. The maximum atomic E-state index is 16.1. The van der Waals surface area contributed by atoms with E-state index >= 15 is 8.78 Å². The number of nitrogens with zero attached hydrogens (tertiary/aromatic N) is 4. The predicted molar refractivity (Wildman–Crippen MR) is 178 cm³/mol. The van der Waals surface area contributed by atoms with Crippen molar-refractivity contribution >= 4 is 38.4 Å². The van der Waals surface area contributed by atoms with E-state index in [1.165, 1.54) is 5.38 Å². The lowest BCUT2D eigenvalue weighted by atomic mass is 9.83. The van der Waals surface area contributed by atoms with Crippen LogP contribution in [-0.2, 0) is 11.8 Å². The van der Waals surface area contributed by atoms with Gasteiger partial charge < -0.3 is 19.7 Å². The second kappa shape index (κ2) is 12.2. The number of nitrogens with one attached hydrogen (secondary N) is 2. The number of benzene rings is 2. The lowest BCUT2D eigenvalue weighted by molar-refractivity contribution is -0.117. The molecule has 3 N–H and O–H groups in total. The summed E-state index contributed by atoms with van der Waals surface area (Å²) in [4.78, 5) is 21.7. The van der Waals surface area contributed by atoms with Gasteiger partial charge in [0.2, 0.25) is 5.91 Å². The molecule has 4 heterocycles. The van der Waals surface area contributed by atoms with Crippen LogP contribution < -0.4 is 10.1 Å². The third-order valence-corrected chi connectivity index (χ3v) is 9.81. The summed E-state index contributed by atoms with van der Waals surface area (Å²) >= 11 is 1.11. The fraction of sp³-hybridized carbons (Fsp3) is 0.257. The smallest absolute Gasteiger partial charge is 0.243 e. The lowest BCUT2D eigenvalue weighted by Gasteiger charge is -2.31. The summed E-state index contributed by atoms with van der Waals surface area (Å²) < 4.78 is 55.3. The van der Waals surface area contributed by atoms with E-state index in [1.54, 1.807) is 13.0 Å². The fourth-order valence-electron chi connectivity index (χ4n) is 6.15. The van der Waals surface area contributed by atoms with Gasteiger partial charge in [0.05, 0.1) is 51.4 Å². The van der Waals surface area contributed by atoms with Gasteiger partial charge in [-0.05, 0) is 56.9 Å². The van der Waals surface area contributed by atoms with Gasteiger partial charge in [0.1, 0.15) is 40.4 Å². The van der Waals surface area contributed by atoms with E-state index in [9.17, 15) is 14.3 Å². The van der Waals surface area contributed by atoms with Gasteiger partial charge >= 0.3 is 0 Å². The molecule has 0 aliphatic heterocycles. The number of H-pyrrole nitrogens is 1. The second-order valence-electron chi connectivity index (χ2n) is 12.1. The number of pyridine rings is 1. The predicted octanol–water partition coefficient (Wildman–Crippen LogP) is 7.15. The molecule has 0 saturated heterocycles. The molecule has 246 valence electrons. The van der Waals surface area contributed by atoms with Crippen molar-refractivity contribution in [3.05, 3.63) is 83.4 Å². The van der Waals surface area contributed by atoms with E-state index in [0.717, 1.165) is 46.4 Å². The van der Waals surface area contributed by atoms with Gasteiger partial charge in [0.25, 0.3) is 0 Å². The first-order valence-electron chi connectivity index (χ1n) is 15.3. The number of halogens is 3. The van der Waals surface area contributed by atoms with Gasteiger partial charge in [-0.25, -0.2) is 23.1 Å². The average Bonchev–Trinajstić information content (AvgIpc) is 3.76. The number of fused-ring (bicyclic) bond motifs is 2. The van der Waals surface area contributed by atoms with Crippen molar-refractivity contribution in [2.75, 3.05) is 6.61 Å². The summed E-state index contributed by atoms with van der Waals surface area (Å²) in [5.41, 5.74) is 3.45. The van der Waals surface area contributed by atoms with Crippen molar-refractivity contribution in [3.8, 4) is 39.5 Å². The van der Waals surface area contributed by atoms with Gasteiger partial charge in [0, 0.05) is 41.1 Å². The van der Waals surface area contributed by atoms with Gasteiger partial charge in [-0.15, -0.1) is 11.3 Å². The standard InChI is InChI=1S/C35H31F3N6O3S/c1-5-29(46)39-16(2)24-13-26(43-42-24)34-32(30-22(37)11-20(36)12-28(30)47-14-18-8-21(45)9-18)31-23(38)15-48-35(31)33(41-34)19-6-7-27-25(10-19)40-17(3)44(27)4/h5-7,10-13,15-16,18,21,45H,1,8-9,14H2,2-4H3,(H,39,46)(H,42,43)/t16-,18?,21?/m1/s1. The van der Waals surface area contributed by atoms with Gasteiger partial charge in [-0.1, -0.05) is 12.6 Å². The SMILES string of the molecule is C=CC(=O)N[C@H](C)c1cc(-c2nc(-c3ccc4c(c3)nc(C)n4C)c3scc(F)c3c2-c2c(F)cc(F)cc2OCC2CC(O)C2)n[nH]1. The molecular formula is C35H31F3N6O3S. The molecule has 0 spiro atoms. The van der Waals surface area contributed by atoms with Crippen molar-refractivity contribution in [1.82, 2.24) is 30.0 Å². The summed E-state index contributed by atoms with van der Waals surface area (Å²) in [7, 11) is 1.92. The monoisotopic (exact) mass is 672 g/mol. The zero-order valence-electron chi connectivity index (χ0n) is 26.3. The van der Waals surface area contributed by atoms with Crippen molar-refractivity contribution in [1.29, 1.82) is 0 Å². The largest absolute Gasteiger partial charge is 0.492 e. The Hall–Kier alpha value is -5.01. The number of imidazole rings is 1. The van der Waals surface area contributed by atoms with Crippen LogP contribution in [0.1, 0.15) is 37.3 Å². The first kappa shape index (κ1) is 31.6. The summed E-state index contributed by atoms with van der Waals surface area (Å²) in [6.07, 6.45) is 1.73. The molecule has 0 bridgehead atoms. The highest BCUT2D eigenvalue weighted by molar-refractivity contribution is 7.17. The van der Waals surface area contributed by atoms with E-state index in [-0.39, 0.29) is 46.2 Å². The molecule has 1 saturated carbocycles. The van der Waals surface area contributed by atoms with Crippen LogP contribution in [0.3, 0.4) is 0 Å². The van der Waals surface area contributed by atoms with E-state index in [1.807, 2.05) is 36.7 Å². The number of hydrogen-bond donors (Lipinski definition) is 3. The minimum Gasteiger partial charge on any atom is -0.492 e. The maximum Gasteiger partial charge on any atom is 0.243 e. The van der Waals surface area contributed by atoms with Crippen LogP contribution >= 0.6 is 11.3 Å². The van der Waals surface area contributed by atoms with Crippen molar-refractivity contribution in [2.45, 2.75) is 38.8 Å². The highest BCUT2D eigenvalue weighted by atomic mass is 32.1. The Balaban J connectivity index is 1.47. The van der Waals surface area contributed by atoms with Crippen molar-refractivity contribution < 1.29 is 27.8 Å². The van der Waals surface area contributed by atoms with Crippen LogP contribution in [0.4, 0.5) is 13.2 Å². The van der Waals surface area contributed by atoms with E-state index in [4.69, 9.17) is 9.72 Å². The Bertz CT molecular complexity index is 2240. The van der Waals surface area contributed by atoms with Crippen LogP contribution in [0.25, 0.3) is 54.9 Å². The highest BCUT2D eigenvalue weighted by Gasteiger charge is 2.31. The summed E-state index contributed by atoms with van der Waals surface area (Å²) in [6, 6.07) is 8.57. The number of thiophene rings is 1. The molecule has 1 aliphatic rings. The highest BCUT2D eigenvalue weighted by Crippen LogP contribution is 2.48. The Kier molecular flexibility index (Phi) is 8.04. The maximum absolute atomic E-state index is 16.1. The van der Waals surface area contributed by atoms with Crippen LogP contribution in [-0.4, -0.2) is 48.5 Å². The number of hydrogen-bond acceptors (Lipinski definition) is 7. The first-order valence-corrected chi connectivity index (χ1v) is 16.2. The van der Waals surface area contributed by atoms with Crippen LogP contribution in [0.15, 0.2) is 54.4 Å². The normalized spacial score (nSPS) is 16.6. The summed E-state index contributed by atoms with van der Waals surface area (Å²) in [6.45, 7) is 7.24. The molecule has 1 amide bonds. The molecule has 1 fully saturated rings. The number of carbonyl (C=O) groups is 1. The first-order chi connectivity index (χ1) is 23.0. The summed E-state index contributed by atoms with van der Waals surface area (Å²) in [5.74, 6) is -2.14. The quantitative estimate of drug-likeness (QED) is 0.141. The number of aliphatic hydroxyl groups excluding tert-OH is 1. The van der Waals surface area contributed by atoms with Crippen molar-refractivity contribution in [3.63, 3.8) is 0 Å². The van der Waals surface area contributed by atoms with Gasteiger partial charge in [-0.3, -0.25) is 9.89 Å². The topological polar surface area (TPSA) is 118 Å². The Morgan fingerprint density at radius 2 is 1.96 bits per heavy atom. The van der Waals surface area contributed by atoms with E-state index in [0.29, 0.717) is 34.5 Å². The third-order valence-electron chi connectivity index (χ3n) is 8.85. The number of aromatic nitrogens is 5. The fourth-order valence-corrected chi connectivity index (χ4v) is 7.09. The van der Waals surface area contributed by atoms with E-state index in [2.05, 4.69) is 27.1 Å². The second-order valence-corrected chi connectivity index (χ2v) is 13.0. The number of aromatic amines is 1. The average molecular weight is 673 g/mol. The molecule has 13 heteroatoms. The zero-order valence-corrected chi connectivity index (χ0v) is 27.1. The molecule has 1 aliphatic carbocycles. The number of aryl methyl sites for hydroxylation is 2. The van der Waals surface area contributed by atoms with Crippen LogP contribution in [0.2, 0.25) is 0 Å². The van der Waals surface area contributed by atoms with Crippen molar-refractivity contribution in [2.24, 2.45) is 13.0 Å². The Morgan fingerprint density at radius 1 is 1.17 bits per heavy atom. The molecule has 6 aromatic rings. The minimum atomic E-state index is -0.964. The minimum absolute atomic E-state index is 0.00312. The van der Waals surface area contributed by atoms with Gasteiger partial charge in [0.15, 0.2) is 0 Å². The van der Waals surface area contributed by atoms with Gasteiger partial charge in [-0.2, -0.15) is 5.10 Å². The third kappa shape index (κ3) is 5.52. The van der Waals surface area contributed by atoms with Crippen LogP contribution in [0.5, 0.6) is 5.75 Å². The molecule has 7 rings (SSSR count).